The number of rotatable bonds is 8. The molecule has 0 radical (unpaired) electrons. The van der Waals surface area contributed by atoms with Crippen LogP contribution in [0.4, 0.5) is 8.78 Å². The normalized spacial score (nSPS) is 22.4. The summed E-state index contributed by atoms with van der Waals surface area (Å²) in [5.41, 5.74) is -0.680. The second-order valence-corrected chi connectivity index (χ2v) is 10.8. The van der Waals surface area contributed by atoms with E-state index < -0.39 is 48.6 Å². The van der Waals surface area contributed by atoms with Gasteiger partial charge < -0.3 is 15.7 Å². The van der Waals surface area contributed by atoms with Crippen molar-refractivity contribution in [2.24, 2.45) is 11.3 Å². The van der Waals surface area contributed by atoms with Crippen LogP contribution in [0.5, 0.6) is 0 Å². The van der Waals surface area contributed by atoms with Gasteiger partial charge in [0.05, 0.1) is 30.2 Å². The van der Waals surface area contributed by atoms with Crippen LogP contribution >= 0.6 is 0 Å². The summed E-state index contributed by atoms with van der Waals surface area (Å²) >= 11 is 0. The molecule has 3 aromatic heterocycles. The minimum Gasteiger partial charge on any atom is -0.480 e. The highest BCUT2D eigenvalue weighted by atomic mass is 19.3. The van der Waals surface area contributed by atoms with E-state index in [1.54, 1.807) is 29.2 Å². The van der Waals surface area contributed by atoms with Crippen molar-refractivity contribution < 1.29 is 28.3 Å². The molecule has 2 aliphatic rings. The predicted octanol–water partition coefficient (Wildman–Crippen LogP) is 3.16. The molecule has 1 aliphatic carbocycles. The quantitative estimate of drug-likeness (QED) is 0.285. The first-order valence-electron chi connectivity index (χ1n) is 13.7. The van der Waals surface area contributed by atoms with Crippen LogP contribution in [0.25, 0.3) is 5.65 Å². The third-order valence-electron chi connectivity index (χ3n) is 8.01. The van der Waals surface area contributed by atoms with Gasteiger partial charge in [0.2, 0.25) is 5.91 Å². The van der Waals surface area contributed by atoms with Crippen LogP contribution in [0.2, 0.25) is 0 Å². The highest BCUT2D eigenvalue weighted by Crippen LogP contribution is 2.39. The second kappa shape index (κ2) is 10.9. The maximum atomic E-state index is 14.2. The number of fused-ring (bicyclic) bond motifs is 1. The largest absolute Gasteiger partial charge is 0.480 e. The van der Waals surface area contributed by atoms with E-state index in [4.69, 9.17) is 4.98 Å². The fraction of sp³-hybridized carbons (Fsp3) is 0.556. The van der Waals surface area contributed by atoms with E-state index >= 15 is 0 Å². The Morgan fingerprint density at radius 1 is 1.20 bits per heavy atom. The number of piperidine rings is 1. The number of nitrogens with one attached hydrogen (secondary N) is 2. The maximum Gasteiger partial charge on any atom is 0.319 e. The highest BCUT2D eigenvalue weighted by Gasteiger charge is 2.56. The van der Waals surface area contributed by atoms with Gasteiger partial charge in [-0.1, -0.05) is 25.7 Å². The Morgan fingerprint density at radius 2 is 1.95 bits per heavy atom. The van der Waals surface area contributed by atoms with Gasteiger partial charge in [0.1, 0.15) is 5.69 Å². The van der Waals surface area contributed by atoms with Crippen LogP contribution in [-0.2, 0) is 22.6 Å². The molecule has 2 fully saturated rings. The monoisotopic (exact) mass is 557 g/mol. The SMILES string of the molecule is CCn1nccc1C(=O)N[C@H](c1cn2nc(CC3(C(=O)O)CC(F)(F)CNC3=O)ccc2n1)C1CCCCCC1. The molecule has 3 N–H and O–H groups in total. The number of carbonyl (C=O) groups excluding carboxylic acids is 2. The maximum absolute atomic E-state index is 14.2. The number of carbonyl (C=O) groups is 3. The smallest absolute Gasteiger partial charge is 0.319 e. The molecule has 1 saturated carbocycles. The molecular weight excluding hydrogens is 524 g/mol. The molecule has 40 heavy (non-hydrogen) atoms. The van der Waals surface area contributed by atoms with E-state index in [-0.39, 0.29) is 17.5 Å². The lowest BCUT2D eigenvalue weighted by Crippen LogP contribution is -2.59. The topological polar surface area (TPSA) is 144 Å². The Bertz CT molecular complexity index is 1410. The molecular formula is C27H33F2N7O4. The number of imidazole rings is 1. The summed E-state index contributed by atoms with van der Waals surface area (Å²) in [6.45, 7) is 1.56. The van der Waals surface area contributed by atoms with Gasteiger partial charge in [-0.2, -0.15) is 10.2 Å². The number of aryl methyl sites for hydroxylation is 1. The van der Waals surface area contributed by atoms with Gasteiger partial charge in [-0.25, -0.2) is 18.3 Å². The van der Waals surface area contributed by atoms with E-state index in [1.165, 1.54) is 10.6 Å². The van der Waals surface area contributed by atoms with Crippen LogP contribution in [0, 0.1) is 11.3 Å². The summed E-state index contributed by atoms with van der Waals surface area (Å²) in [7, 11) is 0. The van der Waals surface area contributed by atoms with Crippen molar-refractivity contribution in [1.82, 2.24) is 35.0 Å². The molecule has 4 heterocycles. The molecule has 2 amide bonds. The van der Waals surface area contributed by atoms with Gasteiger partial charge in [0.15, 0.2) is 11.1 Å². The number of hydrogen-bond donors (Lipinski definition) is 3. The van der Waals surface area contributed by atoms with E-state index in [0.717, 1.165) is 38.5 Å². The number of aliphatic carboxylic acids is 1. The summed E-state index contributed by atoms with van der Waals surface area (Å²) in [4.78, 5) is 42.7. The van der Waals surface area contributed by atoms with Crippen LogP contribution in [0.3, 0.4) is 0 Å². The lowest BCUT2D eigenvalue weighted by Gasteiger charge is -2.36. The highest BCUT2D eigenvalue weighted by molar-refractivity contribution is 6.03. The van der Waals surface area contributed by atoms with Crippen molar-refractivity contribution in [2.45, 2.75) is 76.8 Å². The zero-order valence-corrected chi connectivity index (χ0v) is 22.3. The summed E-state index contributed by atoms with van der Waals surface area (Å²) in [5.74, 6) is -6.04. The Hall–Kier alpha value is -3.90. The minimum absolute atomic E-state index is 0.150. The van der Waals surface area contributed by atoms with Gasteiger partial charge in [0, 0.05) is 25.6 Å². The molecule has 1 saturated heterocycles. The van der Waals surface area contributed by atoms with Crippen molar-refractivity contribution in [3.8, 4) is 0 Å². The average Bonchev–Trinajstić information content (AvgIpc) is 3.48. The summed E-state index contributed by atoms with van der Waals surface area (Å²) < 4.78 is 31.4. The van der Waals surface area contributed by atoms with E-state index in [0.29, 0.717) is 23.6 Å². The van der Waals surface area contributed by atoms with Crippen LogP contribution < -0.4 is 10.6 Å². The number of carboxylic acids is 1. The third kappa shape index (κ3) is 5.41. The summed E-state index contributed by atoms with van der Waals surface area (Å²) in [6, 6.07) is 4.38. The number of aromatic nitrogens is 5. The Labute approximate surface area is 229 Å². The second-order valence-electron chi connectivity index (χ2n) is 10.8. The number of hydrogen-bond acceptors (Lipinski definition) is 6. The Balaban J connectivity index is 1.46. The zero-order chi connectivity index (χ0) is 28.5. The van der Waals surface area contributed by atoms with Crippen molar-refractivity contribution in [2.75, 3.05) is 6.54 Å². The van der Waals surface area contributed by atoms with Gasteiger partial charge in [0.25, 0.3) is 11.8 Å². The molecule has 0 bridgehead atoms. The van der Waals surface area contributed by atoms with Gasteiger partial charge >= 0.3 is 5.97 Å². The van der Waals surface area contributed by atoms with Gasteiger partial charge in [-0.15, -0.1) is 0 Å². The third-order valence-corrected chi connectivity index (χ3v) is 8.01. The van der Waals surface area contributed by atoms with E-state index in [2.05, 4.69) is 15.5 Å². The van der Waals surface area contributed by atoms with Crippen LogP contribution in [0.1, 0.15) is 79.8 Å². The number of halogens is 2. The standard InChI is InChI=1S/C27H33F2N7O4/c1-2-35-20(11-12-31-35)23(37)33-22(17-7-5-3-4-6-8-17)19-14-36-21(32-19)10-9-18(34-36)13-26(25(39)40)15-27(28,29)16-30-24(26)38/h9-12,14,17,22H,2-8,13,15-16H2,1H3,(H,30,38)(H,33,37)(H,39,40)/t22-,26?/m0/s1. The molecule has 0 spiro atoms. The summed E-state index contributed by atoms with van der Waals surface area (Å²) in [6.07, 6.45) is 7.85. The average molecular weight is 558 g/mol. The van der Waals surface area contributed by atoms with Gasteiger partial charge in [-0.3, -0.25) is 19.1 Å². The predicted molar refractivity (Wildman–Crippen MR) is 139 cm³/mol. The van der Waals surface area contributed by atoms with Crippen LogP contribution in [-0.4, -0.2) is 59.7 Å². The first-order valence-corrected chi connectivity index (χ1v) is 13.7. The lowest BCUT2D eigenvalue weighted by atomic mass is 9.74. The fourth-order valence-corrected chi connectivity index (χ4v) is 5.92. The fourth-order valence-electron chi connectivity index (χ4n) is 5.92. The van der Waals surface area contributed by atoms with Gasteiger partial charge in [-0.05, 0) is 43.9 Å². The number of nitrogens with zero attached hydrogens (tertiary/aromatic N) is 5. The first-order chi connectivity index (χ1) is 19.1. The molecule has 3 aromatic rings. The lowest BCUT2D eigenvalue weighted by molar-refractivity contribution is -0.169. The Kier molecular flexibility index (Phi) is 7.56. The zero-order valence-electron chi connectivity index (χ0n) is 22.3. The molecule has 2 atom stereocenters. The summed E-state index contributed by atoms with van der Waals surface area (Å²) in [5, 5.41) is 23.7. The van der Waals surface area contributed by atoms with Crippen molar-refractivity contribution in [3.63, 3.8) is 0 Å². The van der Waals surface area contributed by atoms with Crippen molar-refractivity contribution in [1.29, 1.82) is 0 Å². The van der Waals surface area contributed by atoms with Crippen molar-refractivity contribution in [3.05, 3.63) is 47.7 Å². The Morgan fingerprint density at radius 3 is 2.65 bits per heavy atom. The molecule has 0 aromatic carbocycles. The molecule has 1 aliphatic heterocycles. The molecule has 5 rings (SSSR count). The van der Waals surface area contributed by atoms with E-state index in [9.17, 15) is 28.3 Å². The van der Waals surface area contributed by atoms with Crippen LogP contribution in [0.15, 0.2) is 30.6 Å². The number of amides is 2. The molecule has 11 nitrogen and oxygen atoms in total. The first kappa shape index (κ1) is 27.7. The number of alkyl halides is 2. The molecule has 13 heteroatoms. The molecule has 214 valence electrons. The molecule has 1 unspecified atom stereocenters. The van der Waals surface area contributed by atoms with E-state index in [1.807, 2.05) is 12.2 Å². The minimum atomic E-state index is -3.35. The number of carboxylic acid groups (broad SMARTS) is 1. The van der Waals surface area contributed by atoms with Crippen molar-refractivity contribution >= 4 is 23.4 Å².